The number of methoxy groups -OCH3 is 1. The summed E-state index contributed by atoms with van der Waals surface area (Å²) in [4.78, 5) is 40.3. The first-order valence-corrected chi connectivity index (χ1v) is 19.5. The molecule has 0 aliphatic carbocycles. The van der Waals surface area contributed by atoms with Gasteiger partial charge in [-0.2, -0.15) is 0 Å². The number of carbonyl (C=O) groups is 3. The van der Waals surface area contributed by atoms with E-state index >= 15 is 0 Å². The van der Waals surface area contributed by atoms with E-state index < -0.39 is 52.1 Å². The Hall–Kier alpha value is -4.62. The molecular formula is C39H42Cl2N4O7S. The van der Waals surface area contributed by atoms with Gasteiger partial charge in [-0.15, -0.1) is 0 Å². The maximum atomic E-state index is 14.1. The Morgan fingerprint density at radius 2 is 1.49 bits per heavy atom. The fraction of sp³-hybridized carbons (Fsp3) is 0.308. The van der Waals surface area contributed by atoms with Gasteiger partial charge in [-0.1, -0.05) is 83.9 Å². The van der Waals surface area contributed by atoms with Gasteiger partial charge in [0.05, 0.1) is 37.2 Å². The highest BCUT2D eigenvalue weighted by Crippen LogP contribution is 2.37. The zero-order valence-corrected chi connectivity index (χ0v) is 31.7. The second-order valence-electron chi connectivity index (χ2n) is 12.5. The molecule has 0 radical (unpaired) electrons. The van der Waals surface area contributed by atoms with Gasteiger partial charge in [-0.3, -0.25) is 18.8 Å². The summed E-state index contributed by atoms with van der Waals surface area (Å²) in [5.74, 6) is -1.92. The predicted molar refractivity (Wildman–Crippen MR) is 206 cm³/mol. The molecule has 11 nitrogen and oxygen atoms in total. The Morgan fingerprint density at radius 3 is 2.08 bits per heavy atom. The molecule has 4 aromatic rings. The first-order chi connectivity index (χ1) is 25.5. The van der Waals surface area contributed by atoms with Crippen LogP contribution >= 0.6 is 23.2 Å². The second kappa shape index (κ2) is 18.4. The summed E-state index contributed by atoms with van der Waals surface area (Å²) in [5.41, 5.74) is 3.22. The SMILES string of the molecule is CCOC(=O)C(Cc1ccccc1)NC(=O)CC(=O)NCCS(=O)(=O)N(c1cccc(OC)c1)C1CN(C(c2ccc(Cl)cc2)c2ccc(Cl)cc2)C1. The molecule has 4 aromatic carbocycles. The Balaban J connectivity index is 1.25. The fourth-order valence-electron chi connectivity index (χ4n) is 6.25. The molecule has 1 unspecified atom stereocenters. The minimum atomic E-state index is -4.01. The number of hydrogen-bond donors (Lipinski definition) is 2. The van der Waals surface area contributed by atoms with Crippen molar-refractivity contribution in [1.82, 2.24) is 15.5 Å². The number of nitrogens with zero attached hydrogens (tertiary/aromatic N) is 2. The molecule has 2 N–H and O–H groups in total. The Labute approximate surface area is 320 Å². The van der Waals surface area contributed by atoms with E-state index in [4.69, 9.17) is 32.7 Å². The van der Waals surface area contributed by atoms with Crippen LogP contribution in [0.2, 0.25) is 10.0 Å². The van der Waals surface area contributed by atoms with E-state index in [-0.39, 0.29) is 25.6 Å². The topological polar surface area (TPSA) is 134 Å². The molecule has 0 saturated carbocycles. The molecule has 1 atom stereocenters. The van der Waals surface area contributed by atoms with Crippen LogP contribution in [-0.4, -0.2) is 82.3 Å². The van der Waals surface area contributed by atoms with E-state index in [0.717, 1.165) is 16.7 Å². The number of esters is 1. The number of benzene rings is 4. The minimum Gasteiger partial charge on any atom is -0.497 e. The highest BCUT2D eigenvalue weighted by atomic mass is 35.5. The second-order valence-corrected chi connectivity index (χ2v) is 15.4. The average Bonchev–Trinajstić information content (AvgIpc) is 3.12. The standard InChI is InChI=1S/C39H42Cl2N4O7S/c1-3-52-39(48)35(22-27-8-5-4-6-9-27)43-37(47)24-36(46)42-20-21-53(49,50)45(32-10-7-11-34(23-32)51-2)33-25-44(26-33)38(28-12-16-30(40)17-13-28)29-14-18-31(41)19-15-29/h4-19,23,33,35,38H,3,20-22,24-26H2,1-2H3,(H,42,46)(H,43,47). The number of nitrogens with one attached hydrogen (secondary N) is 2. The lowest BCUT2D eigenvalue weighted by Gasteiger charge is -2.49. The monoisotopic (exact) mass is 780 g/mol. The van der Waals surface area contributed by atoms with Crippen LogP contribution < -0.4 is 19.7 Å². The van der Waals surface area contributed by atoms with Crippen molar-refractivity contribution >= 4 is 56.7 Å². The van der Waals surface area contributed by atoms with Gasteiger partial charge < -0.3 is 20.1 Å². The summed E-state index contributed by atoms with van der Waals surface area (Å²) in [6.07, 6.45) is -0.414. The average molecular weight is 782 g/mol. The lowest BCUT2D eigenvalue weighted by molar-refractivity contribution is -0.147. The molecule has 1 saturated heterocycles. The maximum absolute atomic E-state index is 14.1. The Kier molecular flexibility index (Phi) is 13.8. The Morgan fingerprint density at radius 1 is 0.868 bits per heavy atom. The first-order valence-electron chi connectivity index (χ1n) is 17.1. The third-order valence-corrected chi connectivity index (χ3v) is 11.1. The quantitative estimate of drug-likeness (QED) is 0.107. The van der Waals surface area contributed by atoms with Crippen LogP contribution in [0.1, 0.15) is 36.1 Å². The molecule has 53 heavy (non-hydrogen) atoms. The molecule has 1 aliphatic rings. The third kappa shape index (κ3) is 10.7. The molecular weight excluding hydrogens is 739 g/mol. The van der Waals surface area contributed by atoms with Crippen LogP contribution in [0, 0.1) is 0 Å². The molecule has 5 rings (SSSR count). The number of sulfonamides is 1. The van der Waals surface area contributed by atoms with Gasteiger partial charge in [-0.25, -0.2) is 13.2 Å². The van der Waals surface area contributed by atoms with Crippen LogP contribution in [0.15, 0.2) is 103 Å². The first kappa shape index (κ1) is 39.6. The molecule has 1 aliphatic heterocycles. The van der Waals surface area contributed by atoms with E-state index in [9.17, 15) is 22.8 Å². The van der Waals surface area contributed by atoms with Crippen LogP contribution in [-0.2, 0) is 35.6 Å². The van der Waals surface area contributed by atoms with Crippen molar-refractivity contribution < 1.29 is 32.3 Å². The molecule has 0 aromatic heterocycles. The third-order valence-electron chi connectivity index (χ3n) is 8.76. The summed E-state index contributed by atoms with van der Waals surface area (Å²) in [6, 6.07) is 29.4. The molecule has 0 spiro atoms. The zero-order valence-electron chi connectivity index (χ0n) is 29.4. The van der Waals surface area contributed by atoms with Gasteiger partial charge in [0.15, 0.2) is 0 Å². The lowest BCUT2D eigenvalue weighted by Crippen LogP contribution is -2.62. The van der Waals surface area contributed by atoms with E-state index in [0.29, 0.717) is 34.6 Å². The number of ether oxygens (including phenoxy) is 2. The highest BCUT2D eigenvalue weighted by Gasteiger charge is 2.42. The highest BCUT2D eigenvalue weighted by molar-refractivity contribution is 7.92. The number of hydrogen-bond acceptors (Lipinski definition) is 8. The molecule has 2 amide bonds. The van der Waals surface area contributed by atoms with Crippen molar-refractivity contribution in [2.75, 3.05) is 43.4 Å². The van der Waals surface area contributed by atoms with Gasteiger partial charge in [0.1, 0.15) is 18.2 Å². The summed E-state index contributed by atoms with van der Waals surface area (Å²) < 4.78 is 40.1. The van der Waals surface area contributed by atoms with Crippen LogP contribution in [0.25, 0.3) is 0 Å². The molecule has 14 heteroatoms. The maximum Gasteiger partial charge on any atom is 0.328 e. The van der Waals surface area contributed by atoms with E-state index in [1.54, 1.807) is 31.2 Å². The fourth-order valence-corrected chi connectivity index (χ4v) is 8.09. The molecule has 0 bridgehead atoms. The van der Waals surface area contributed by atoms with Gasteiger partial charge in [-0.05, 0) is 60.0 Å². The molecule has 280 valence electrons. The van der Waals surface area contributed by atoms with Crippen molar-refractivity contribution in [3.63, 3.8) is 0 Å². The van der Waals surface area contributed by atoms with E-state index in [1.165, 1.54) is 11.4 Å². The zero-order chi connectivity index (χ0) is 38.0. The number of rotatable bonds is 17. The van der Waals surface area contributed by atoms with Crippen molar-refractivity contribution in [3.05, 3.63) is 130 Å². The lowest BCUT2D eigenvalue weighted by atomic mass is 9.93. The van der Waals surface area contributed by atoms with E-state index in [1.807, 2.05) is 78.9 Å². The summed E-state index contributed by atoms with van der Waals surface area (Å²) in [7, 11) is -2.50. The predicted octanol–water partition coefficient (Wildman–Crippen LogP) is 5.41. The molecule has 1 fully saturated rings. The van der Waals surface area contributed by atoms with Crippen molar-refractivity contribution in [3.8, 4) is 5.75 Å². The number of amides is 2. The van der Waals surface area contributed by atoms with Crippen molar-refractivity contribution in [1.29, 1.82) is 0 Å². The van der Waals surface area contributed by atoms with Crippen LogP contribution in [0.4, 0.5) is 5.69 Å². The van der Waals surface area contributed by atoms with Gasteiger partial charge >= 0.3 is 5.97 Å². The number of carbonyl (C=O) groups excluding carboxylic acids is 3. The van der Waals surface area contributed by atoms with Gasteiger partial charge in [0.2, 0.25) is 21.8 Å². The number of likely N-dealkylation sites (tertiary alicyclic amines) is 1. The Bertz CT molecular complexity index is 1910. The minimum absolute atomic E-state index is 0.131. The van der Waals surface area contributed by atoms with Gasteiger partial charge in [0.25, 0.3) is 0 Å². The molecule has 1 heterocycles. The van der Waals surface area contributed by atoms with Crippen LogP contribution in [0.3, 0.4) is 0 Å². The normalized spacial score (nSPS) is 13.8. The number of anilines is 1. The van der Waals surface area contributed by atoms with Gasteiger partial charge in [0, 0.05) is 42.2 Å². The van der Waals surface area contributed by atoms with Crippen molar-refractivity contribution in [2.24, 2.45) is 0 Å². The largest absolute Gasteiger partial charge is 0.497 e. The van der Waals surface area contributed by atoms with Crippen LogP contribution in [0.5, 0.6) is 5.75 Å². The van der Waals surface area contributed by atoms with Crippen molar-refractivity contribution in [2.45, 2.75) is 37.9 Å². The summed E-state index contributed by atoms with van der Waals surface area (Å²) >= 11 is 12.4. The van der Waals surface area contributed by atoms with E-state index in [2.05, 4.69) is 15.5 Å². The summed E-state index contributed by atoms with van der Waals surface area (Å²) in [6.45, 7) is 2.37. The smallest absolute Gasteiger partial charge is 0.328 e. The number of halogens is 2. The summed E-state index contributed by atoms with van der Waals surface area (Å²) in [5, 5.41) is 6.35.